The first kappa shape index (κ1) is 32.4. The van der Waals surface area contributed by atoms with E-state index >= 15 is 0 Å². The summed E-state index contributed by atoms with van der Waals surface area (Å²) >= 11 is 0. The van der Waals surface area contributed by atoms with Gasteiger partial charge in [-0.25, -0.2) is 15.0 Å². The van der Waals surface area contributed by atoms with E-state index in [2.05, 4.69) is 58.0 Å². The van der Waals surface area contributed by atoms with E-state index in [9.17, 15) is 9.59 Å². The minimum atomic E-state index is -0.438. The molecule has 1 fully saturated rings. The van der Waals surface area contributed by atoms with Gasteiger partial charge in [-0.05, 0) is 61.5 Å². The number of pyridine rings is 1. The molecule has 0 atom stereocenters. The maximum atomic E-state index is 13.1. The maximum absolute atomic E-state index is 13.1. The van der Waals surface area contributed by atoms with Crippen LogP contribution >= 0.6 is 0 Å². The highest BCUT2D eigenvalue weighted by molar-refractivity contribution is 6.47. The fourth-order valence-electron chi connectivity index (χ4n) is 5.59. The summed E-state index contributed by atoms with van der Waals surface area (Å²) < 4.78 is 5.07. The number of nitrogens with one attached hydrogen (secondary N) is 3. The number of benzene rings is 2. The lowest BCUT2D eigenvalue weighted by Gasteiger charge is -2.32. The van der Waals surface area contributed by atoms with Crippen LogP contribution in [-0.2, 0) is 11.3 Å². The molecule has 2 amide bonds. The molecule has 0 spiro atoms. The number of anilines is 4. The summed E-state index contributed by atoms with van der Waals surface area (Å²) in [4.78, 5) is 47.8. The zero-order valence-corrected chi connectivity index (χ0v) is 27.6. The molecule has 5 heterocycles. The zero-order valence-electron chi connectivity index (χ0n) is 27.6. The predicted molar refractivity (Wildman–Crippen MR) is 191 cm³/mol. The molecule has 3 N–H and O–H groups in total. The van der Waals surface area contributed by atoms with Crippen molar-refractivity contribution in [1.29, 1.82) is 0 Å². The Bertz CT molecular complexity index is 2070. The van der Waals surface area contributed by atoms with Crippen LogP contribution in [0, 0.1) is 6.92 Å². The lowest BCUT2D eigenvalue weighted by atomic mass is 10.0. The van der Waals surface area contributed by atoms with Crippen molar-refractivity contribution in [2.45, 2.75) is 19.9 Å². The van der Waals surface area contributed by atoms with Gasteiger partial charge in [-0.1, -0.05) is 18.2 Å². The van der Waals surface area contributed by atoms with Crippen LogP contribution in [-0.4, -0.2) is 86.2 Å². The van der Waals surface area contributed by atoms with Crippen molar-refractivity contribution in [1.82, 2.24) is 29.7 Å². The van der Waals surface area contributed by atoms with E-state index in [0.29, 0.717) is 34.2 Å². The Balaban J connectivity index is 0.982. The number of hydrogen-bond donors (Lipinski definition) is 3. The molecule has 2 aliphatic rings. The van der Waals surface area contributed by atoms with Crippen LogP contribution in [0.3, 0.4) is 0 Å². The molecule has 1 saturated heterocycles. The molecule has 0 radical (unpaired) electrons. The van der Waals surface area contributed by atoms with Crippen LogP contribution in [0.2, 0.25) is 0 Å². The van der Waals surface area contributed by atoms with Gasteiger partial charge in [0.1, 0.15) is 12.0 Å². The molecule has 0 aliphatic carbocycles. The SMILES string of the molecule is Cc1ccc(NC(=O)c2ccc(CN3CCN(C)CC3)cc2)cc1Nc1nccc(-c2cncc(C3=NN=C(C(=O)Nc4ncco4)C3)c2)n1. The molecular formula is C36H35N11O3. The summed E-state index contributed by atoms with van der Waals surface area (Å²) in [6.45, 7) is 7.08. The summed E-state index contributed by atoms with van der Waals surface area (Å²) in [6, 6.07) is 17.2. The van der Waals surface area contributed by atoms with Crippen LogP contribution < -0.4 is 16.0 Å². The van der Waals surface area contributed by atoms with Gasteiger partial charge in [0.05, 0.1) is 17.6 Å². The summed E-state index contributed by atoms with van der Waals surface area (Å²) in [7, 11) is 2.15. The highest BCUT2D eigenvalue weighted by Crippen LogP contribution is 2.26. The van der Waals surface area contributed by atoms with Gasteiger partial charge in [0.25, 0.3) is 11.8 Å². The number of carbonyl (C=O) groups excluding carboxylic acids is 2. The third-order valence-electron chi connectivity index (χ3n) is 8.52. The van der Waals surface area contributed by atoms with Gasteiger partial charge >= 0.3 is 6.01 Å². The predicted octanol–water partition coefficient (Wildman–Crippen LogP) is 4.77. The van der Waals surface area contributed by atoms with Crippen LogP contribution in [0.4, 0.5) is 23.3 Å². The van der Waals surface area contributed by atoms with Crippen molar-refractivity contribution in [3.05, 3.63) is 108 Å². The monoisotopic (exact) mass is 669 g/mol. The molecule has 5 aromatic rings. The number of piperazine rings is 1. The molecule has 14 nitrogen and oxygen atoms in total. The van der Waals surface area contributed by atoms with Crippen molar-refractivity contribution in [3.8, 4) is 11.3 Å². The van der Waals surface area contributed by atoms with Crippen molar-refractivity contribution >= 4 is 46.6 Å². The lowest BCUT2D eigenvalue weighted by Crippen LogP contribution is -2.43. The van der Waals surface area contributed by atoms with E-state index in [4.69, 9.17) is 9.40 Å². The highest BCUT2D eigenvalue weighted by Gasteiger charge is 2.23. The molecular weight excluding hydrogens is 634 g/mol. The third-order valence-corrected chi connectivity index (χ3v) is 8.52. The average molecular weight is 670 g/mol. The van der Waals surface area contributed by atoms with Gasteiger partial charge in [-0.2, -0.15) is 5.10 Å². The van der Waals surface area contributed by atoms with Crippen LogP contribution in [0.5, 0.6) is 0 Å². The Kier molecular flexibility index (Phi) is 9.44. The average Bonchev–Trinajstić information content (AvgIpc) is 3.85. The molecule has 0 unspecified atom stereocenters. The van der Waals surface area contributed by atoms with Crippen molar-refractivity contribution in [2.24, 2.45) is 10.2 Å². The topological polar surface area (TPSA) is 166 Å². The Labute approximate surface area is 288 Å². The number of rotatable bonds is 10. The molecule has 3 aromatic heterocycles. The maximum Gasteiger partial charge on any atom is 0.301 e. The van der Waals surface area contributed by atoms with E-state index in [1.54, 1.807) is 24.7 Å². The Morgan fingerprint density at radius 1 is 0.860 bits per heavy atom. The second-order valence-electron chi connectivity index (χ2n) is 12.2. The number of oxazole rings is 1. The number of aromatic nitrogens is 4. The van der Waals surface area contributed by atoms with Gasteiger partial charge in [0.2, 0.25) is 5.95 Å². The molecule has 252 valence electrons. The number of amides is 2. The smallest absolute Gasteiger partial charge is 0.301 e. The van der Waals surface area contributed by atoms with Gasteiger partial charge in [0, 0.05) is 85.8 Å². The van der Waals surface area contributed by atoms with Gasteiger partial charge in [-0.3, -0.25) is 24.8 Å². The first-order valence-electron chi connectivity index (χ1n) is 16.2. The molecule has 0 bridgehead atoms. The Hall–Kier alpha value is -6.12. The zero-order chi connectivity index (χ0) is 34.5. The van der Waals surface area contributed by atoms with Crippen LogP contribution in [0.25, 0.3) is 11.3 Å². The first-order chi connectivity index (χ1) is 24.4. The van der Waals surface area contributed by atoms with Gasteiger partial charge in [-0.15, -0.1) is 5.10 Å². The lowest BCUT2D eigenvalue weighted by molar-refractivity contribution is -0.110. The van der Waals surface area contributed by atoms with Crippen molar-refractivity contribution in [2.75, 3.05) is 49.2 Å². The minimum absolute atomic E-state index is 0.0902. The summed E-state index contributed by atoms with van der Waals surface area (Å²) in [6.07, 6.45) is 8.06. The number of hydrogen-bond acceptors (Lipinski definition) is 12. The van der Waals surface area contributed by atoms with E-state index in [0.717, 1.165) is 49.5 Å². The fourth-order valence-corrected chi connectivity index (χ4v) is 5.59. The Morgan fingerprint density at radius 2 is 1.68 bits per heavy atom. The number of carbonyl (C=O) groups is 2. The van der Waals surface area contributed by atoms with E-state index in [-0.39, 0.29) is 24.1 Å². The Morgan fingerprint density at radius 3 is 2.48 bits per heavy atom. The molecule has 2 aromatic carbocycles. The quantitative estimate of drug-likeness (QED) is 0.189. The van der Waals surface area contributed by atoms with E-state index < -0.39 is 5.91 Å². The first-order valence-corrected chi connectivity index (χ1v) is 16.2. The number of aryl methyl sites for hydroxylation is 1. The standard InChI is InChI=1S/C36H35N11O3/c1-23-3-8-28(40-33(48)25-6-4-24(5-7-25)22-47-14-12-46(2)13-15-47)18-30(23)42-35-38-10-9-29(41-35)26-17-27(21-37-20-26)31-19-32(45-44-31)34(49)43-36-39-11-16-50-36/h3-11,16-18,20-21H,12-15,19,22H2,1-2H3,(H,40,48)(H,38,41,42)(H,39,43,49). The molecule has 0 saturated carbocycles. The molecule has 7 rings (SSSR count). The van der Waals surface area contributed by atoms with Crippen LogP contribution in [0.15, 0.2) is 100 Å². The number of nitrogens with zero attached hydrogens (tertiary/aromatic N) is 8. The van der Waals surface area contributed by atoms with Crippen molar-refractivity contribution in [3.63, 3.8) is 0 Å². The molecule has 2 aliphatic heterocycles. The van der Waals surface area contributed by atoms with E-state index in [1.807, 2.05) is 55.5 Å². The highest BCUT2D eigenvalue weighted by atomic mass is 16.4. The summed E-state index contributed by atoms with van der Waals surface area (Å²) in [5, 5.41) is 17.1. The fraction of sp³-hybridized carbons (Fsp3) is 0.222. The summed E-state index contributed by atoms with van der Waals surface area (Å²) in [5.41, 5.74) is 7.05. The largest absolute Gasteiger partial charge is 0.432 e. The number of likely N-dealkylation sites (N-methyl/N-ethyl adjacent to an activating group) is 1. The second kappa shape index (κ2) is 14.6. The normalized spacial score (nSPS) is 14.9. The third kappa shape index (κ3) is 7.77. The molecule has 14 heteroatoms. The van der Waals surface area contributed by atoms with E-state index in [1.165, 1.54) is 18.0 Å². The molecule has 50 heavy (non-hydrogen) atoms. The summed E-state index contributed by atoms with van der Waals surface area (Å²) in [5.74, 6) is -0.245. The van der Waals surface area contributed by atoms with Crippen LogP contribution in [0.1, 0.15) is 33.5 Å². The second-order valence-corrected chi connectivity index (χ2v) is 12.2. The van der Waals surface area contributed by atoms with Gasteiger partial charge in [0.15, 0.2) is 0 Å². The minimum Gasteiger partial charge on any atom is -0.432 e. The van der Waals surface area contributed by atoms with Gasteiger partial charge < -0.3 is 20.0 Å². The van der Waals surface area contributed by atoms with Crippen molar-refractivity contribution < 1.29 is 14.0 Å².